The largest absolute Gasteiger partial charge is 0.391 e. The third-order valence-electron chi connectivity index (χ3n) is 6.67. The van der Waals surface area contributed by atoms with Crippen LogP contribution in [0.2, 0.25) is 0 Å². The number of aromatic nitrogens is 3. The standard InChI is InChI=1S/C21H25N5O/c22-11-15-8-14-4-1-2-5-18(14)24-21(15)25-12-16-9-19(26-7-3-6-23-26)20(27)10-17(16)13-25/h3,6-8,16-17,19-20,27H,1-2,4-5,9-10,12-13H2/t16-,17+,19-,20-/m1/s1. The predicted octanol–water partition coefficient (Wildman–Crippen LogP) is 2.48. The van der Waals surface area contributed by atoms with Gasteiger partial charge in [-0.25, -0.2) is 4.98 Å². The van der Waals surface area contributed by atoms with E-state index in [0.29, 0.717) is 17.4 Å². The minimum absolute atomic E-state index is 0.0492. The first-order chi connectivity index (χ1) is 13.2. The number of nitrogens with zero attached hydrogens (tertiary/aromatic N) is 5. The number of pyridine rings is 1. The summed E-state index contributed by atoms with van der Waals surface area (Å²) in [6.07, 6.45) is 9.52. The van der Waals surface area contributed by atoms with Gasteiger partial charge in [-0.15, -0.1) is 0 Å². The molecule has 2 aromatic rings. The van der Waals surface area contributed by atoms with E-state index in [2.05, 4.69) is 22.1 Å². The minimum atomic E-state index is -0.363. The quantitative estimate of drug-likeness (QED) is 0.887. The molecule has 5 rings (SSSR count). The van der Waals surface area contributed by atoms with Crippen LogP contribution in [0.3, 0.4) is 0 Å². The molecule has 6 nitrogen and oxygen atoms in total. The first-order valence-electron chi connectivity index (χ1n) is 10.1. The molecule has 0 radical (unpaired) electrons. The van der Waals surface area contributed by atoms with E-state index in [1.165, 1.54) is 24.1 Å². The molecule has 0 amide bonds. The van der Waals surface area contributed by atoms with Crippen molar-refractivity contribution in [2.45, 2.75) is 50.7 Å². The van der Waals surface area contributed by atoms with Gasteiger partial charge >= 0.3 is 0 Å². The molecular weight excluding hydrogens is 338 g/mol. The van der Waals surface area contributed by atoms with Gasteiger partial charge in [-0.1, -0.05) is 0 Å². The molecule has 1 saturated heterocycles. The molecular formula is C21H25N5O. The van der Waals surface area contributed by atoms with Gasteiger partial charge in [-0.3, -0.25) is 4.68 Å². The number of rotatable bonds is 2. The number of fused-ring (bicyclic) bond motifs is 2. The Labute approximate surface area is 159 Å². The summed E-state index contributed by atoms with van der Waals surface area (Å²) in [5.41, 5.74) is 3.14. The van der Waals surface area contributed by atoms with E-state index in [9.17, 15) is 10.4 Å². The molecule has 2 fully saturated rings. The van der Waals surface area contributed by atoms with Crippen molar-refractivity contribution in [1.29, 1.82) is 5.26 Å². The molecule has 1 saturated carbocycles. The van der Waals surface area contributed by atoms with Gasteiger partial charge < -0.3 is 10.0 Å². The summed E-state index contributed by atoms with van der Waals surface area (Å²) < 4.78 is 1.90. The molecule has 1 aliphatic heterocycles. The Morgan fingerprint density at radius 1 is 1.15 bits per heavy atom. The molecule has 3 aliphatic rings. The molecule has 1 N–H and O–H groups in total. The zero-order chi connectivity index (χ0) is 18.4. The van der Waals surface area contributed by atoms with E-state index >= 15 is 0 Å². The summed E-state index contributed by atoms with van der Waals surface area (Å²) >= 11 is 0. The number of hydrogen-bond acceptors (Lipinski definition) is 5. The zero-order valence-electron chi connectivity index (χ0n) is 15.5. The molecule has 3 heterocycles. The molecule has 140 valence electrons. The SMILES string of the molecule is N#Cc1cc2c(nc1N1C[C@H]3C[C@@H](n4cccn4)[C@H](O)C[C@H]3C1)CCCC2. The van der Waals surface area contributed by atoms with Gasteiger partial charge in [-0.2, -0.15) is 10.4 Å². The molecule has 6 heteroatoms. The van der Waals surface area contributed by atoms with Gasteiger partial charge in [0.1, 0.15) is 11.9 Å². The highest BCUT2D eigenvalue weighted by atomic mass is 16.3. The molecule has 4 atom stereocenters. The normalized spacial score (nSPS) is 29.9. The van der Waals surface area contributed by atoms with Crippen LogP contribution in [0.1, 0.15) is 48.5 Å². The smallest absolute Gasteiger partial charge is 0.146 e. The van der Waals surface area contributed by atoms with Crippen LogP contribution in [0, 0.1) is 23.2 Å². The maximum atomic E-state index is 10.7. The highest BCUT2D eigenvalue weighted by Crippen LogP contribution is 2.42. The average Bonchev–Trinajstić information content (AvgIpc) is 3.35. The first kappa shape index (κ1) is 16.8. The third kappa shape index (κ3) is 2.90. The Morgan fingerprint density at radius 2 is 1.96 bits per heavy atom. The second kappa shape index (κ2) is 6.65. The third-order valence-corrected chi connectivity index (χ3v) is 6.67. The van der Waals surface area contributed by atoms with Crippen LogP contribution in [-0.4, -0.2) is 39.1 Å². The van der Waals surface area contributed by atoms with Gasteiger partial charge in [0.15, 0.2) is 0 Å². The Balaban J connectivity index is 1.40. The highest BCUT2D eigenvalue weighted by molar-refractivity contribution is 5.57. The molecule has 2 aliphatic carbocycles. The number of aliphatic hydroxyl groups is 1. The lowest BCUT2D eigenvalue weighted by atomic mass is 9.77. The van der Waals surface area contributed by atoms with Gasteiger partial charge in [0.05, 0.1) is 17.7 Å². The Hall–Kier alpha value is -2.39. The Bertz CT molecular complexity index is 871. The summed E-state index contributed by atoms with van der Waals surface area (Å²) in [6, 6.07) is 6.41. The molecule has 2 aromatic heterocycles. The van der Waals surface area contributed by atoms with Crippen LogP contribution in [0.15, 0.2) is 24.5 Å². The average molecular weight is 363 g/mol. The molecule has 0 aromatic carbocycles. The van der Waals surface area contributed by atoms with Crippen LogP contribution in [-0.2, 0) is 12.8 Å². The van der Waals surface area contributed by atoms with Crippen molar-refractivity contribution < 1.29 is 5.11 Å². The van der Waals surface area contributed by atoms with Gasteiger partial charge in [0.25, 0.3) is 0 Å². The van der Waals surface area contributed by atoms with E-state index < -0.39 is 0 Å². The second-order valence-electron chi connectivity index (χ2n) is 8.30. The molecule has 27 heavy (non-hydrogen) atoms. The highest BCUT2D eigenvalue weighted by Gasteiger charge is 2.43. The zero-order valence-corrected chi connectivity index (χ0v) is 15.5. The number of hydrogen-bond donors (Lipinski definition) is 1. The topological polar surface area (TPSA) is 78.0 Å². The Morgan fingerprint density at radius 3 is 2.74 bits per heavy atom. The fraction of sp³-hybridized carbons (Fsp3) is 0.571. The van der Waals surface area contributed by atoms with E-state index in [-0.39, 0.29) is 12.1 Å². The van der Waals surface area contributed by atoms with E-state index in [4.69, 9.17) is 4.98 Å². The van der Waals surface area contributed by atoms with Crippen LogP contribution in [0.4, 0.5) is 5.82 Å². The first-order valence-corrected chi connectivity index (χ1v) is 10.1. The van der Waals surface area contributed by atoms with Crippen molar-refractivity contribution in [3.05, 3.63) is 41.3 Å². The number of aryl methyl sites for hydroxylation is 2. The summed E-state index contributed by atoms with van der Waals surface area (Å²) in [4.78, 5) is 7.23. The van der Waals surface area contributed by atoms with E-state index in [1.807, 2.05) is 16.9 Å². The van der Waals surface area contributed by atoms with Gasteiger partial charge in [0, 0.05) is 31.2 Å². The number of nitriles is 1. The Kier molecular flexibility index (Phi) is 4.13. The van der Waals surface area contributed by atoms with Crippen molar-refractivity contribution in [2.75, 3.05) is 18.0 Å². The van der Waals surface area contributed by atoms with Crippen LogP contribution in [0.5, 0.6) is 0 Å². The van der Waals surface area contributed by atoms with Crippen LogP contribution < -0.4 is 4.90 Å². The summed E-state index contributed by atoms with van der Waals surface area (Å²) in [6.45, 7) is 1.80. The second-order valence-corrected chi connectivity index (χ2v) is 8.30. The van der Waals surface area contributed by atoms with Gasteiger partial charge in [0.2, 0.25) is 0 Å². The number of anilines is 1. The maximum absolute atomic E-state index is 10.7. The maximum Gasteiger partial charge on any atom is 0.146 e. The van der Waals surface area contributed by atoms with Crippen molar-refractivity contribution in [3.63, 3.8) is 0 Å². The summed E-state index contributed by atoms with van der Waals surface area (Å²) in [7, 11) is 0. The monoisotopic (exact) mass is 363 g/mol. The summed E-state index contributed by atoms with van der Waals surface area (Å²) in [5.74, 6) is 1.82. The van der Waals surface area contributed by atoms with Gasteiger partial charge in [-0.05, 0) is 68.1 Å². The predicted molar refractivity (Wildman–Crippen MR) is 101 cm³/mol. The molecule has 0 spiro atoms. The summed E-state index contributed by atoms with van der Waals surface area (Å²) in [5, 5.41) is 24.7. The van der Waals surface area contributed by atoms with E-state index in [0.717, 1.165) is 44.6 Å². The van der Waals surface area contributed by atoms with Crippen molar-refractivity contribution in [3.8, 4) is 6.07 Å². The van der Waals surface area contributed by atoms with Crippen molar-refractivity contribution in [2.24, 2.45) is 11.8 Å². The lowest BCUT2D eigenvalue weighted by Crippen LogP contribution is -2.36. The van der Waals surface area contributed by atoms with Crippen molar-refractivity contribution in [1.82, 2.24) is 14.8 Å². The lowest BCUT2D eigenvalue weighted by Gasteiger charge is -2.35. The van der Waals surface area contributed by atoms with Crippen LogP contribution in [0.25, 0.3) is 0 Å². The fourth-order valence-corrected chi connectivity index (χ4v) is 5.29. The molecule has 0 bridgehead atoms. The van der Waals surface area contributed by atoms with E-state index in [1.54, 1.807) is 6.20 Å². The van der Waals surface area contributed by atoms with Crippen molar-refractivity contribution >= 4 is 5.82 Å². The van der Waals surface area contributed by atoms with Crippen LogP contribution >= 0.6 is 0 Å². The lowest BCUT2D eigenvalue weighted by molar-refractivity contribution is 0.0306. The molecule has 0 unspecified atom stereocenters. The minimum Gasteiger partial charge on any atom is -0.391 e. The fourth-order valence-electron chi connectivity index (χ4n) is 5.29. The number of aliphatic hydroxyl groups excluding tert-OH is 1.